The highest BCUT2D eigenvalue weighted by molar-refractivity contribution is 5.60. The van der Waals surface area contributed by atoms with Gasteiger partial charge in [0.15, 0.2) is 0 Å². The molecule has 3 N–H and O–H groups in total. The molecule has 1 aliphatic rings. The molecule has 0 fully saturated rings. The quantitative estimate of drug-likeness (QED) is 0.644. The van der Waals surface area contributed by atoms with E-state index in [0.717, 1.165) is 18.2 Å². The smallest absolute Gasteiger partial charge is 0.0393 e. The third-order valence-electron chi connectivity index (χ3n) is 2.80. The van der Waals surface area contributed by atoms with Gasteiger partial charge in [0.1, 0.15) is 0 Å². The average molecular weight is 176 g/mol. The van der Waals surface area contributed by atoms with Crippen LogP contribution in [-0.2, 0) is 6.42 Å². The minimum Gasteiger partial charge on any atom is -0.399 e. The van der Waals surface area contributed by atoms with Gasteiger partial charge in [-0.05, 0) is 30.0 Å². The minimum absolute atomic E-state index is 0.788. The molecule has 0 saturated carbocycles. The lowest BCUT2D eigenvalue weighted by molar-refractivity contribution is 0.521. The van der Waals surface area contributed by atoms with Gasteiger partial charge in [0, 0.05) is 17.9 Å². The summed E-state index contributed by atoms with van der Waals surface area (Å²) in [5.41, 5.74) is 9.19. The maximum atomic E-state index is 5.71. The number of nitrogens with two attached hydrogens (primary N) is 1. The molecule has 2 nitrogen and oxygen atoms in total. The van der Waals surface area contributed by atoms with Gasteiger partial charge in [0.05, 0.1) is 0 Å². The Morgan fingerprint density at radius 2 is 2.38 bits per heavy atom. The van der Waals surface area contributed by atoms with E-state index < -0.39 is 0 Å². The first-order chi connectivity index (χ1) is 6.29. The zero-order valence-electron chi connectivity index (χ0n) is 8.01. The Hall–Kier alpha value is -1.18. The topological polar surface area (TPSA) is 38.0 Å². The fourth-order valence-corrected chi connectivity index (χ4v) is 1.86. The lowest BCUT2D eigenvalue weighted by Gasteiger charge is -2.25. The number of anilines is 2. The van der Waals surface area contributed by atoms with Crippen LogP contribution in [0.5, 0.6) is 0 Å². The van der Waals surface area contributed by atoms with E-state index in [1.807, 2.05) is 12.1 Å². The zero-order chi connectivity index (χ0) is 9.26. The number of fused-ring (bicyclic) bond motifs is 1. The molecule has 0 saturated heterocycles. The Balaban J connectivity index is 2.26. The van der Waals surface area contributed by atoms with E-state index in [1.165, 1.54) is 24.1 Å². The molecule has 13 heavy (non-hydrogen) atoms. The lowest BCUT2D eigenvalue weighted by atomic mass is 9.92. The van der Waals surface area contributed by atoms with Gasteiger partial charge in [-0.2, -0.15) is 0 Å². The van der Waals surface area contributed by atoms with Crippen LogP contribution >= 0.6 is 0 Å². The summed E-state index contributed by atoms with van der Waals surface area (Å²) < 4.78 is 0. The summed E-state index contributed by atoms with van der Waals surface area (Å²) in [5, 5.41) is 3.42. The summed E-state index contributed by atoms with van der Waals surface area (Å²) in [7, 11) is 0. The Labute approximate surface area is 79.1 Å². The largest absolute Gasteiger partial charge is 0.399 e. The molecule has 0 amide bonds. The monoisotopic (exact) mass is 176 g/mol. The number of nitrogens with one attached hydrogen (secondary N) is 1. The molecule has 1 atom stereocenters. The standard InChI is InChI=1S/C11H16N2/c1-2-8-5-9-3-4-10(12)6-11(9)13-7-8/h3-4,6,8,13H,2,5,7,12H2,1H3. The first-order valence-corrected chi connectivity index (χ1v) is 4.92. The van der Waals surface area contributed by atoms with Crippen molar-refractivity contribution in [1.29, 1.82) is 0 Å². The van der Waals surface area contributed by atoms with Crippen molar-refractivity contribution in [2.45, 2.75) is 19.8 Å². The molecule has 2 heteroatoms. The van der Waals surface area contributed by atoms with E-state index in [9.17, 15) is 0 Å². The van der Waals surface area contributed by atoms with Crippen molar-refractivity contribution in [1.82, 2.24) is 0 Å². The van der Waals surface area contributed by atoms with E-state index in [2.05, 4.69) is 18.3 Å². The number of hydrogen-bond acceptors (Lipinski definition) is 2. The number of nitrogen functional groups attached to an aromatic ring is 1. The van der Waals surface area contributed by atoms with E-state index in [1.54, 1.807) is 0 Å². The van der Waals surface area contributed by atoms with Gasteiger partial charge in [-0.15, -0.1) is 0 Å². The van der Waals surface area contributed by atoms with Crippen LogP contribution in [0.1, 0.15) is 18.9 Å². The van der Waals surface area contributed by atoms with Crippen molar-refractivity contribution in [3.63, 3.8) is 0 Å². The van der Waals surface area contributed by atoms with Crippen molar-refractivity contribution in [3.05, 3.63) is 23.8 Å². The van der Waals surface area contributed by atoms with Gasteiger partial charge in [0.2, 0.25) is 0 Å². The molecule has 1 aromatic rings. The SMILES string of the molecule is CCC1CNc2cc(N)ccc2C1. The van der Waals surface area contributed by atoms with Crippen LogP contribution in [0.3, 0.4) is 0 Å². The Morgan fingerprint density at radius 3 is 3.15 bits per heavy atom. The molecule has 0 spiro atoms. The summed E-state index contributed by atoms with van der Waals surface area (Å²) in [4.78, 5) is 0. The predicted octanol–water partition coefficient (Wildman–Crippen LogP) is 2.26. The van der Waals surface area contributed by atoms with Gasteiger partial charge in [-0.25, -0.2) is 0 Å². The molecular formula is C11H16N2. The van der Waals surface area contributed by atoms with Gasteiger partial charge in [-0.3, -0.25) is 0 Å². The van der Waals surface area contributed by atoms with Crippen LogP contribution in [0.2, 0.25) is 0 Å². The minimum atomic E-state index is 0.788. The van der Waals surface area contributed by atoms with Gasteiger partial charge in [0.25, 0.3) is 0 Å². The first-order valence-electron chi connectivity index (χ1n) is 4.92. The van der Waals surface area contributed by atoms with Gasteiger partial charge in [-0.1, -0.05) is 19.4 Å². The summed E-state index contributed by atoms with van der Waals surface area (Å²) >= 11 is 0. The third kappa shape index (κ3) is 1.62. The number of hydrogen-bond donors (Lipinski definition) is 2. The summed E-state index contributed by atoms with van der Waals surface area (Å²) in [6.07, 6.45) is 2.44. The van der Waals surface area contributed by atoms with Crippen LogP contribution in [0, 0.1) is 5.92 Å². The van der Waals surface area contributed by atoms with Crippen LogP contribution in [0.15, 0.2) is 18.2 Å². The van der Waals surface area contributed by atoms with Gasteiger partial charge < -0.3 is 11.1 Å². The second kappa shape index (κ2) is 3.29. The number of benzene rings is 1. The highest BCUT2D eigenvalue weighted by Crippen LogP contribution is 2.27. The molecule has 0 radical (unpaired) electrons. The van der Waals surface area contributed by atoms with Gasteiger partial charge >= 0.3 is 0 Å². The third-order valence-corrected chi connectivity index (χ3v) is 2.80. The fraction of sp³-hybridized carbons (Fsp3) is 0.455. The second-order valence-corrected chi connectivity index (χ2v) is 3.78. The summed E-state index contributed by atoms with van der Waals surface area (Å²) in [6.45, 7) is 3.33. The predicted molar refractivity (Wildman–Crippen MR) is 56.8 cm³/mol. The molecule has 0 aliphatic carbocycles. The normalized spacial score (nSPS) is 20.5. The second-order valence-electron chi connectivity index (χ2n) is 3.78. The van der Waals surface area contributed by atoms with Crippen LogP contribution in [0.4, 0.5) is 11.4 Å². The van der Waals surface area contributed by atoms with Crippen molar-refractivity contribution in [2.75, 3.05) is 17.6 Å². The molecule has 1 aromatic carbocycles. The van der Waals surface area contributed by atoms with Crippen molar-refractivity contribution in [2.24, 2.45) is 5.92 Å². The molecule has 2 rings (SSSR count). The Kier molecular flexibility index (Phi) is 2.13. The maximum absolute atomic E-state index is 5.71. The zero-order valence-corrected chi connectivity index (χ0v) is 8.01. The lowest BCUT2D eigenvalue weighted by Crippen LogP contribution is -2.22. The van der Waals surface area contributed by atoms with E-state index in [-0.39, 0.29) is 0 Å². The van der Waals surface area contributed by atoms with Crippen molar-refractivity contribution < 1.29 is 0 Å². The first kappa shape index (κ1) is 8.42. The molecule has 1 unspecified atom stereocenters. The average Bonchev–Trinajstić information content (AvgIpc) is 2.17. The van der Waals surface area contributed by atoms with Crippen LogP contribution < -0.4 is 11.1 Å². The van der Waals surface area contributed by atoms with E-state index in [0.29, 0.717) is 0 Å². The summed E-state index contributed by atoms with van der Waals surface area (Å²) in [5.74, 6) is 0.788. The van der Waals surface area contributed by atoms with Crippen LogP contribution in [-0.4, -0.2) is 6.54 Å². The molecule has 1 heterocycles. The summed E-state index contributed by atoms with van der Waals surface area (Å²) in [6, 6.07) is 6.15. The Bertz CT molecular complexity index is 307. The van der Waals surface area contributed by atoms with Crippen molar-refractivity contribution >= 4 is 11.4 Å². The van der Waals surface area contributed by atoms with Crippen molar-refractivity contribution in [3.8, 4) is 0 Å². The molecule has 0 aromatic heterocycles. The maximum Gasteiger partial charge on any atom is 0.0393 e. The Morgan fingerprint density at radius 1 is 1.54 bits per heavy atom. The highest BCUT2D eigenvalue weighted by Gasteiger charge is 2.15. The van der Waals surface area contributed by atoms with E-state index >= 15 is 0 Å². The number of rotatable bonds is 1. The molecule has 0 bridgehead atoms. The van der Waals surface area contributed by atoms with Crippen LogP contribution in [0.25, 0.3) is 0 Å². The molecular weight excluding hydrogens is 160 g/mol. The highest BCUT2D eigenvalue weighted by atomic mass is 14.9. The van der Waals surface area contributed by atoms with E-state index in [4.69, 9.17) is 5.73 Å². The fourth-order valence-electron chi connectivity index (χ4n) is 1.86. The molecule has 70 valence electrons. The molecule has 1 aliphatic heterocycles.